The van der Waals surface area contributed by atoms with Crippen molar-refractivity contribution in [1.29, 1.82) is 0 Å². The van der Waals surface area contributed by atoms with Crippen LogP contribution in [0.1, 0.15) is 25.3 Å². The third-order valence-corrected chi connectivity index (χ3v) is 5.00. The minimum absolute atomic E-state index is 0.0550. The second kappa shape index (κ2) is 6.72. The van der Waals surface area contributed by atoms with E-state index >= 15 is 0 Å². The second-order valence-corrected chi connectivity index (χ2v) is 6.62. The molecule has 0 aliphatic carbocycles. The molecular formula is C17H15N2O5S-. The van der Waals surface area contributed by atoms with Crippen molar-refractivity contribution in [2.24, 2.45) is 0 Å². The molecule has 7 nitrogen and oxygen atoms in total. The molecule has 3 amide bonds. The van der Waals surface area contributed by atoms with Gasteiger partial charge in [0.15, 0.2) is 0 Å². The van der Waals surface area contributed by atoms with E-state index in [4.69, 9.17) is 0 Å². The quantitative estimate of drug-likeness (QED) is 0.727. The van der Waals surface area contributed by atoms with E-state index in [0.717, 1.165) is 28.0 Å². The molecule has 8 heteroatoms. The molecule has 3 rings (SSSR count). The van der Waals surface area contributed by atoms with Gasteiger partial charge in [-0.3, -0.25) is 19.3 Å². The smallest absolute Gasteiger partial charge is 0.293 e. The standard InChI is InChI=1S/C17H16N2O5S/c1-2-3-8-18-16(23)14(25-17(18)24)13-10-6-4-5-7-11(10)19(15(13)22)9-12(20)21/h4-7H,2-3,8-9H2,1H3,(H,20,21)/p-1/b14-13-. The number of para-hydroxylation sites is 1. The third kappa shape index (κ3) is 2.93. The number of unbranched alkanes of at least 4 members (excludes halogenated alkanes) is 1. The summed E-state index contributed by atoms with van der Waals surface area (Å²) in [7, 11) is 0. The number of nitrogens with zero attached hydrogens (tertiary/aromatic N) is 2. The lowest BCUT2D eigenvalue weighted by Crippen LogP contribution is -2.39. The SMILES string of the molecule is CCCCN1C(=O)S/C(=C2\C(=O)N(CC(=O)[O-])c3ccccc32)C1=O. The van der Waals surface area contributed by atoms with Crippen molar-refractivity contribution in [2.75, 3.05) is 18.0 Å². The molecule has 1 aromatic carbocycles. The number of carboxylic acid groups (broad SMARTS) is 1. The van der Waals surface area contributed by atoms with Crippen LogP contribution in [-0.4, -0.2) is 41.0 Å². The van der Waals surface area contributed by atoms with E-state index in [0.29, 0.717) is 24.2 Å². The molecule has 130 valence electrons. The Morgan fingerprint density at radius 3 is 2.52 bits per heavy atom. The average Bonchev–Trinajstić information content (AvgIpc) is 3.00. The highest BCUT2D eigenvalue weighted by molar-refractivity contribution is 8.18. The molecule has 2 heterocycles. The van der Waals surface area contributed by atoms with Gasteiger partial charge in [-0.1, -0.05) is 31.5 Å². The number of aliphatic carboxylic acids is 1. The van der Waals surface area contributed by atoms with Crippen LogP contribution in [0.15, 0.2) is 29.2 Å². The minimum atomic E-state index is -1.40. The zero-order valence-corrected chi connectivity index (χ0v) is 14.3. The number of carbonyl (C=O) groups is 4. The fraction of sp³-hybridized carbons (Fsp3) is 0.294. The first kappa shape index (κ1) is 17.2. The summed E-state index contributed by atoms with van der Waals surface area (Å²) >= 11 is 0.724. The molecule has 0 radical (unpaired) electrons. The Labute approximate surface area is 148 Å². The molecule has 25 heavy (non-hydrogen) atoms. The van der Waals surface area contributed by atoms with Crippen LogP contribution < -0.4 is 10.0 Å². The molecule has 1 saturated heterocycles. The highest BCUT2D eigenvalue weighted by Gasteiger charge is 2.43. The molecule has 0 aromatic heterocycles. The molecule has 0 spiro atoms. The molecule has 2 aliphatic rings. The lowest BCUT2D eigenvalue weighted by Gasteiger charge is -2.17. The van der Waals surface area contributed by atoms with E-state index in [9.17, 15) is 24.3 Å². The van der Waals surface area contributed by atoms with E-state index in [2.05, 4.69) is 0 Å². The summed E-state index contributed by atoms with van der Waals surface area (Å²) in [5.74, 6) is -2.51. The molecule has 0 saturated carbocycles. The van der Waals surface area contributed by atoms with Gasteiger partial charge in [0.25, 0.3) is 17.1 Å². The van der Waals surface area contributed by atoms with Crippen LogP contribution in [0.25, 0.3) is 5.57 Å². The number of imide groups is 1. The van der Waals surface area contributed by atoms with Gasteiger partial charge in [0.1, 0.15) is 0 Å². The fourth-order valence-corrected chi connectivity index (χ4v) is 3.80. The van der Waals surface area contributed by atoms with Crippen molar-refractivity contribution in [3.63, 3.8) is 0 Å². The van der Waals surface area contributed by atoms with Crippen molar-refractivity contribution < 1.29 is 24.3 Å². The minimum Gasteiger partial charge on any atom is -0.548 e. The molecule has 1 aromatic rings. The van der Waals surface area contributed by atoms with Gasteiger partial charge < -0.3 is 14.8 Å². The van der Waals surface area contributed by atoms with E-state index in [1.807, 2.05) is 6.92 Å². The van der Waals surface area contributed by atoms with Gasteiger partial charge in [-0.2, -0.15) is 0 Å². The first-order valence-electron chi connectivity index (χ1n) is 7.84. The molecule has 0 atom stereocenters. The van der Waals surface area contributed by atoms with Crippen LogP contribution in [-0.2, 0) is 14.4 Å². The number of anilines is 1. The Bertz CT molecular complexity index is 817. The summed E-state index contributed by atoms with van der Waals surface area (Å²) in [4.78, 5) is 50.7. The predicted octanol–water partition coefficient (Wildman–Crippen LogP) is 0.990. The molecule has 0 bridgehead atoms. The van der Waals surface area contributed by atoms with Gasteiger partial charge in [0.2, 0.25) is 0 Å². The molecular weight excluding hydrogens is 344 g/mol. The Morgan fingerprint density at radius 1 is 1.12 bits per heavy atom. The number of rotatable bonds is 5. The van der Waals surface area contributed by atoms with Crippen LogP contribution in [0.2, 0.25) is 0 Å². The zero-order chi connectivity index (χ0) is 18.1. The van der Waals surface area contributed by atoms with Crippen LogP contribution in [0.4, 0.5) is 10.5 Å². The number of benzene rings is 1. The number of carboxylic acids is 1. The zero-order valence-electron chi connectivity index (χ0n) is 13.5. The summed E-state index contributed by atoms with van der Waals surface area (Å²) in [6, 6.07) is 6.60. The summed E-state index contributed by atoms with van der Waals surface area (Å²) in [5, 5.41) is 10.6. The lowest BCUT2D eigenvalue weighted by molar-refractivity contribution is -0.303. The van der Waals surface area contributed by atoms with E-state index in [1.54, 1.807) is 24.3 Å². The van der Waals surface area contributed by atoms with E-state index in [-0.39, 0.29) is 10.5 Å². The number of fused-ring (bicyclic) bond motifs is 1. The maximum Gasteiger partial charge on any atom is 0.293 e. The number of hydrogen-bond donors (Lipinski definition) is 0. The monoisotopic (exact) mass is 359 g/mol. The first-order chi connectivity index (χ1) is 12.0. The maximum absolute atomic E-state index is 12.7. The molecule has 1 fully saturated rings. The van der Waals surface area contributed by atoms with Crippen LogP contribution in [0.5, 0.6) is 0 Å². The highest BCUT2D eigenvalue weighted by atomic mass is 32.2. The Kier molecular flexibility index (Phi) is 4.63. The van der Waals surface area contributed by atoms with Crippen molar-refractivity contribution in [1.82, 2.24) is 4.90 Å². The van der Waals surface area contributed by atoms with Gasteiger partial charge in [-0.15, -0.1) is 0 Å². The fourth-order valence-electron chi connectivity index (χ4n) is 2.84. The van der Waals surface area contributed by atoms with Crippen LogP contribution >= 0.6 is 11.8 Å². The third-order valence-electron chi connectivity index (χ3n) is 4.02. The van der Waals surface area contributed by atoms with Crippen molar-refractivity contribution in [3.8, 4) is 0 Å². The van der Waals surface area contributed by atoms with Crippen LogP contribution in [0, 0.1) is 0 Å². The molecule has 0 unspecified atom stereocenters. The highest BCUT2D eigenvalue weighted by Crippen LogP contribution is 2.44. The van der Waals surface area contributed by atoms with E-state index in [1.165, 1.54) is 0 Å². The number of hydrogen-bond acceptors (Lipinski definition) is 6. The van der Waals surface area contributed by atoms with Crippen LogP contribution in [0.3, 0.4) is 0 Å². The largest absolute Gasteiger partial charge is 0.548 e. The van der Waals surface area contributed by atoms with E-state index < -0.39 is 29.6 Å². The number of carbonyl (C=O) groups excluding carboxylic acids is 4. The lowest BCUT2D eigenvalue weighted by atomic mass is 10.1. The Morgan fingerprint density at radius 2 is 1.84 bits per heavy atom. The number of thioether (sulfide) groups is 1. The summed E-state index contributed by atoms with van der Waals surface area (Å²) in [6.45, 7) is 1.64. The van der Waals surface area contributed by atoms with Crippen molar-refractivity contribution in [2.45, 2.75) is 19.8 Å². The van der Waals surface area contributed by atoms with Gasteiger partial charge in [0, 0.05) is 12.1 Å². The predicted molar refractivity (Wildman–Crippen MR) is 90.3 cm³/mol. The number of amides is 3. The summed E-state index contributed by atoms with van der Waals surface area (Å²) < 4.78 is 0. The van der Waals surface area contributed by atoms with Gasteiger partial charge in [-0.05, 0) is 24.2 Å². The molecule has 2 aliphatic heterocycles. The molecule has 0 N–H and O–H groups in total. The Hall–Kier alpha value is -2.61. The van der Waals surface area contributed by atoms with Crippen molar-refractivity contribution >= 4 is 46.0 Å². The summed E-state index contributed by atoms with van der Waals surface area (Å²) in [6.07, 6.45) is 1.51. The van der Waals surface area contributed by atoms with Gasteiger partial charge in [-0.25, -0.2) is 0 Å². The van der Waals surface area contributed by atoms with Crippen molar-refractivity contribution in [3.05, 3.63) is 34.7 Å². The maximum atomic E-state index is 12.7. The van der Waals surface area contributed by atoms with Gasteiger partial charge in [0.05, 0.1) is 28.7 Å². The Balaban J connectivity index is 2.06. The van der Waals surface area contributed by atoms with Gasteiger partial charge >= 0.3 is 0 Å². The normalized spacial score (nSPS) is 19.8. The topological polar surface area (TPSA) is 97.8 Å². The second-order valence-electron chi connectivity index (χ2n) is 5.66. The first-order valence-corrected chi connectivity index (χ1v) is 8.66. The average molecular weight is 359 g/mol. The summed E-state index contributed by atoms with van der Waals surface area (Å²) in [5.41, 5.74) is 0.931.